The largest absolute Gasteiger partial charge is 0.343 e. The summed E-state index contributed by atoms with van der Waals surface area (Å²) < 4.78 is 29.4. The van der Waals surface area contributed by atoms with Gasteiger partial charge < -0.3 is 10.3 Å². The molecule has 0 fully saturated rings. The van der Waals surface area contributed by atoms with Crippen molar-refractivity contribution in [2.75, 3.05) is 6.54 Å². The van der Waals surface area contributed by atoms with Crippen LogP contribution in [-0.2, 0) is 13.0 Å². The van der Waals surface area contributed by atoms with E-state index in [9.17, 15) is 8.78 Å². The van der Waals surface area contributed by atoms with E-state index in [4.69, 9.17) is 5.73 Å². The zero-order valence-electron chi connectivity index (χ0n) is 14.7. The lowest BCUT2D eigenvalue weighted by molar-refractivity contribution is 0.567. The molecule has 2 N–H and O–H groups in total. The summed E-state index contributed by atoms with van der Waals surface area (Å²) in [5.41, 5.74) is 10.4. The molecule has 0 spiro atoms. The molecule has 0 atom stereocenters. The number of pyridine rings is 1. The van der Waals surface area contributed by atoms with Gasteiger partial charge in [0.1, 0.15) is 11.6 Å². The van der Waals surface area contributed by atoms with Gasteiger partial charge >= 0.3 is 0 Å². The van der Waals surface area contributed by atoms with Crippen molar-refractivity contribution in [2.45, 2.75) is 13.0 Å². The fourth-order valence-electron chi connectivity index (χ4n) is 3.41. The molecule has 0 unspecified atom stereocenters. The molecule has 0 aliphatic carbocycles. The van der Waals surface area contributed by atoms with Crippen molar-refractivity contribution in [3.63, 3.8) is 0 Å². The summed E-state index contributed by atoms with van der Waals surface area (Å²) in [5.74, 6) is -1.11. The number of aromatic nitrogens is 2. The highest BCUT2D eigenvalue weighted by molar-refractivity contribution is 5.88. The van der Waals surface area contributed by atoms with E-state index >= 15 is 0 Å². The predicted octanol–water partition coefficient (Wildman–Crippen LogP) is 4.53. The molecule has 5 heteroatoms. The highest BCUT2D eigenvalue weighted by Crippen LogP contribution is 2.29. The maximum atomic E-state index is 14.2. The minimum atomic E-state index is -0.572. The first kappa shape index (κ1) is 17.4. The van der Waals surface area contributed by atoms with Crippen LogP contribution in [-0.4, -0.2) is 16.1 Å². The number of hydrogen-bond acceptors (Lipinski definition) is 2. The van der Waals surface area contributed by atoms with Crippen molar-refractivity contribution in [1.82, 2.24) is 9.55 Å². The van der Waals surface area contributed by atoms with E-state index in [1.165, 1.54) is 12.1 Å². The van der Waals surface area contributed by atoms with E-state index in [2.05, 4.69) is 23.2 Å². The number of halogens is 2. The molecule has 0 bridgehead atoms. The Hall–Kier alpha value is -3.05. The van der Waals surface area contributed by atoms with Gasteiger partial charge in [0.2, 0.25) is 0 Å². The Morgan fingerprint density at radius 1 is 0.889 bits per heavy atom. The minimum Gasteiger partial charge on any atom is -0.343 e. The zero-order valence-corrected chi connectivity index (χ0v) is 14.7. The molecule has 27 heavy (non-hydrogen) atoms. The monoisotopic (exact) mass is 363 g/mol. The normalized spacial score (nSPS) is 11.2. The Kier molecular flexibility index (Phi) is 4.69. The molecular formula is C22H19F2N3. The van der Waals surface area contributed by atoms with Crippen LogP contribution in [0.15, 0.2) is 67.1 Å². The van der Waals surface area contributed by atoms with E-state index in [0.717, 1.165) is 40.1 Å². The standard InChI is InChI=1S/C22H19F2N3/c23-19-3-1-18(21(24)12-19)14-27-13-17(5-8-25)20-4-2-16(11-22(20)27)15-6-9-26-10-7-15/h1-4,6-7,9-13H,5,8,14,25H2. The second kappa shape index (κ2) is 7.29. The molecule has 2 aromatic carbocycles. The summed E-state index contributed by atoms with van der Waals surface area (Å²) in [4.78, 5) is 4.06. The molecule has 0 amide bonds. The number of nitrogens with zero attached hydrogens (tertiary/aromatic N) is 2. The SMILES string of the molecule is NCCc1cn(Cc2ccc(F)cc2F)c2cc(-c3ccncc3)ccc12. The third kappa shape index (κ3) is 3.46. The van der Waals surface area contributed by atoms with Gasteiger partial charge in [-0.3, -0.25) is 4.98 Å². The van der Waals surface area contributed by atoms with Crippen LogP contribution in [0.4, 0.5) is 8.78 Å². The summed E-state index contributed by atoms with van der Waals surface area (Å²) in [6, 6.07) is 13.8. The van der Waals surface area contributed by atoms with Crippen LogP contribution >= 0.6 is 0 Å². The van der Waals surface area contributed by atoms with Crippen LogP contribution in [0.1, 0.15) is 11.1 Å². The van der Waals surface area contributed by atoms with Gasteiger partial charge in [-0.2, -0.15) is 0 Å². The molecule has 0 saturated carbocycles. The lowest BCUT2D eigenvalue weighted by Gasteiger charge is -2.08. The summed E-state index contributed by atoms with van der Waals surface area (Å²) in [7, 11) is 0. The lowest BCUT2D eigenvalue weighted by Crippen LogP contribution is -2.03. The van der Waals surface area contributed by atoms with E-state index in [-0.39, 0.29) is 0 Å². The second-order valence-corrected chi connectivity index (χ2v) is 6.52. The molecule has 2 heterocycles. The average molecular weight is 363 g/mol. The van der Waals surface area contributed by atoms with E-state index in [1.807, 2.05) is 22.9 Å². The Balaban J connectivity index is 1.82. The van der Waals surface area contributed by atoms with Crippen molar-refractivity contribution >= 4 is 10.9 Å². The maximum Gasteiger partial charge on any atom is 0.131 e. The number of fused-ring (bicyclic) bond motifs is 1. The summed E-state index contributed by atoms with van der Waals surface area (Å²) in [6.07, 6.45) is 6.26. The quantitative estimate of drug-likeness (QED) is 0.566. The third-order valence-corrected chi connectivity index (χ3v) is 4.75. The minimum absolute atomic E-state index is 0.326. The number of benzene rings is 2. The molecule has 136 valence electrons. The highest BCUT2D eigenvalue weighted by atomic mass is 19.1. The van der Waals surface area contributed by atoms with Gasteiger partial charge in [-0.1, -0.05) is 18.2 Å². The molecule has 0 radical (unpaired) electrons. The first-order valence-electron chi connectivity index (χ1n) is 8.82. The smallest absolute Gasteiger partial charge is 0.131 e. The van der Waals surface area contributed by atoms with E-state index < -0.39 is 11.6 Å². The van der Waals surface area contributed by atoms with Crippen molar-refractivity contribution < 1.29 is 8.78 Å². The number of hydrogen-bond donors (Lipinski definition) is 1. The van der Waals surface area contributed by atoms with Crippen LogP contribution in [0.3, 0.4) is 0 Å². The Morgan fingerprint density at radius 3 is 2.44 bits per heavy atom. The van der Waals surface area contributed by atoms with Gasteiger partial charge in [0, 0.05) is 41.1 Å². The molecule has 2 aromatic heterocycles. The van der Waals surface area contributed by atoms with Crippen molar-refractivity contribution in [3.8, 4) is 11.1 Å². The average Bonchev–Trinajstić information content (AvgIpc) is 3.02. The number of rotatable bonds is 5. The Morgan fingerprint density at radius 2 is 1.70 bits per heavy atom. The Bertz CT molecular complexity index is 1090. The zero-order chi connectivity index (χ0) is 18.8. The topological polar surface area (TPSA) is 43.8 Å². The molecular weight excluding hydrogens is 344 g/mol. The van der Waals surface area contributed by atoms with Crippen LogP contribution in [0.5, 0.6) is 0 Å². The Labute approximate surface area is 156 Å². The van der Waals surface area contributed by atoms with Gasteiger partial charge in [-0.15, -0.1) is 0 Å². The van der Waals surface area contributed by atoms with Gasteiger partial charge in [-0.05, 0) is 53.9 Å². The lowest BCUT2D eigenvalue weighted by atomic mass is 10.0. The fourth-order valence-corrected chi connectivity index (χ4v) is 3.41. The predicted molar refractivity (Wildman–Crippen MR) is 103 cm³/mol. The molecule has 3 nitrogen and oxygen atoms in total. The third-order valence-electron chi connectivity index (χ3n) is 4.75. The first-order chi connectivity index (χ1) is 13.2. The summed E-state index contributed by atoms with van der Waals surface area (Å²) in [6.45, 7) is 0.864. The molecule has 0 aliphatic rings. The maximum absolute atomic E-state index is 14.2. The molecule has 0 aliphatic heterocycles. The van der Waals surface area contributed by atoms with Crippen LogP contribution < -0.4 is 5.73 Å². The second-order valence-electron chi connectivity index (χ2n) is 6.52. The van der Waals surface area contributed by atoms with Gasteiger partial charge in [0.05, 0.1) is 6.54 Å². The molecule has 4 rings (SSSR count). The fraction of sp³-hybridized carbons (Fsp3) is 0.136. The van der Waals surface area contributed by atoms with Crippen LogP contribution in [0.2, 0.25) is 0 Å². The van der Waals surface area contributed by atoms with E-state index in [0.29, 0.717) is 18.7 Å². The summed E-state index contributed by atoms with van der Waals surface area (Å²) >= 11 is 0. The first-order valence-corrected chi connectivity index (χ1v) is 8.82. The van der Waals surface area contributed by atoms with Crippen molar-refractivity contribution in [3.05, 3.63) is 89.9 Å². The highest BCUT2D eigenvalue weighted by Gasteiger charge is 2.12. The van der Waals surface area contributed by atoms with E-state index in [1.54, 1.807) is 12.4 Å². The summed E-state index contributed by atoms with van der Waals surface area (Å²) in [5, 5.41) is 1.10. The van der Waals surface area contributed by atoms with Crippen molar-refractivity contribution in [1.29, 1.82) is 0 Å². The molecule has 4 aromatic rings. The van der Waals surface area contributed by atoms with Crippen LogP contribution in [0, 0.1) is 11.6 Å². The van der Waals surface area contributed by atoms with Gasteiger partial charge in [0.15, 0.2) is 0 Å². The molecule has 0 saturated heterocycles. The van der Waals surface area contributed by atoms with Gasteiger partial charge in [0.25, 0.3) is 0 Å². The number of nitrogens with two attached hydrogens (primary N) is 1. The van der Waals surface area contributed by atoms with Crippen molar-refractivity contribution in [2.24, 2.45) is 5.73 Å². The van der Waals surface area contributed by atoms with Gasteiger partial charge in [-0.25, -0.2) is 8.78 Å². The van der Waals surface area contributed by atoms with Crippen LogP contribution in [0.25, 0.3) is 22.0 Å².